The lowest BCUT2D eigenvalue weighted by Gasteiger charge is -2.35. The molecule has 2 fully saturated rings. The molecule has 2 saturated heterocycles. The van der Waals surface area contributed by atoms with E-state index >= 15 is 0 Å². The quantitative estimate of drug-likeness (QED) is 0.816. The molecule has 2 aromatic rings. The Labute approximate surface area is 150 Å². The first-order valence-electron chi connectivity index (χ1n) is 8.96. The van der Waals surface area contributed by atoms with Gasteiger partial charge in [-0.05, 0) is 37.8 Å². The highest BCUT2D eigenvalue weighted by Gasteiger charge is 2.36. The van der Waals surface area contributed by atoms with Crippen molar-refractivity contribution in [3.05, 3.63) is 38.7 Å². The van der Waals surface area contributed by atoms with Crippen LogP contribution in [0.1, 0.15) is 36.2 Å². The Bertz CT molecular complexity index is 996. The Morgan fingerprint density at radius 2 is 1.81 bits per heavy atom. The summed E-state index contributed by atoms with van der Waals surface area (Å²) in [5.41, 5.74) is -0.363. The van der Waals surface area contributed by atoms with Crippen molar-refractivity contribution in [2.45, 2.75) is 43.8 Å². The van der Waals surface area contributed by atoms with Crippen LogP contribution in [0.4, 0.5) is 0 Å². The fourth-order valence-electron chi connectivity index (χ4n) is 4.26. The van der Waals surface area contributed by atoms with Crippen LogP contribution in [0, 0.1) is 0 Å². The molecule has 1 N–H and O–H groups in total. The number of nitrogens with one attached hydrogen (secondary N) is 1. The Balaban J connectivity index is 1.69. The second-order valence-corrected chi connectivity index (χ2v) is 7.45. The Kier molecular flexibility index (Phi) is 3.95. The van der Waals surface area contributed by atoms with Crippen molar-refractivity contribution in [1.82, 2.24) is 24.3 Å². The van der Waals surface area contributed by atoms with Crippen molar-refractivity contribution in [2.24, 2.45) is 14.1 Å². The number of carbonyl (C=O) groups is 1. The lowest BCUT2D eigenvalue weighted by molar-refractivity contribution is 0.0676. The van der Waals surface area contributed by atoms with Crippen molar-refractivity contribution in [2.75, 3.05) is 7.05 Å². The van der Waals surface area contributed by atoms with Gasteiger partial charge in [0.25, 0.3) is 11.5 Å². The van der Waals surface area contributed by atoms with E-state index in [0.29, 0.717) is 17.5 Å². The van der Waals surface area contributed by atoms with Gasteiger partial charge in [0.15, 0.2) is 0 Å². The minimum Gasteiger partial charge on any atom is -0.337 e. The molecule has 1 amide bonds. The number of nitrogens with zero attached hydrogens (tertiary/aromatic N) is 4. The number of hydrogen-bond donors (Lipinski definition) is 1. The van der Waals surface area contributed by atoms with Crippen molar-refractivity contribution in [3.8, 4) is 0 Å². The van der Waals surface area contributed by atoms with Crippen LogP contribution in [0.3, 0.4) is 0 Å². The molecular weight excluding hydrogens is 334 g/mol. The third kappa shape index (κ3) is 2.56. The van der Waals surface area contributed by atoms with Crippen LogP contribution >= 0.6 is 0 Å². The predicted octanol–water partition coefficient (Wildman–Crippen LogP) is -0.0128. The summed E-state index contributed by atoms with van der Waals surface area (Å²) in [6.45, 7) is 0. The highest BCUT2D eigenvalue weighted by atomic mass is 16.2. The number of aromatic nitrogens is 3. The second kappa shape index (κ2) is 6.05. The zero-order valence-corrected chi connectivity index (χ0v) is 15.2. The maximum atomic E-state index is 12.9. The van der Waals surface area contributed by atoms with Gasteiger partial charge in [-0.25, -0.2) is 9.78 Å². The highest BCUT2D eigenvalue weighted by molar-refractivity contribution is 5.94. The first-order valence-corrected chi connectivity index (χ1v) is 8.96. The summed E-state index contributed by atoms with van der Waals surface area (Å²) in [6.07, 6.45) is 4.24. The molecule has 2 unspecified atom stereocenters. The fourth-order valence-corrected chi connectivity index (χ4v) is 4.26. The summed E-state index contributed by atoms with van der Waals surface area (Å²) < 4.78 is 2.35. The lowest BCUT2D eigenvalue weighted by Crippen LogP contribution is -2.48. The van der Waals surface area contributed by atoms with E-state index in [-0.39, 0.29) is 23.3 Å². The predicted molar refractivity (Wildman–Crippen MR) is 97.3 cm³/mol. The standard InChI is InChI=1S/C18H23N5O3/c1-21(12-8-10-4-5-11(9-12)19-10)17(25)14-7-6-13-15(20-14)22(2)18(26)23(3)16(13)24/h6-7,10-12,19H,4-5,8-9H2,1-3H3. The summed E-state index contributed by atoms with van der Waals surface area (Å²) in [5, 5.41) is 3.90. The number of pyridine rings is 1. The van der Waals surface area contributed by atoms with Crippen LogP contribution in [0.15, 0.2) is 21.7 Å². The summed E-state index contributed by atoms with van der Waals surface area (Å²) in [5.74, 6) is -0.175. The van der Waals surface area contributed by atoms with Crippen LogP contribution in [0.2, 0.25) is 0 Å². The van der Waals surface area contributed by atoms with Gasteiger partial charge in [0, 0.05) is 39.3 Å². The zero-order chi connectivity index (χ0) is 18.6. The topological polar surface area (TPSA) is 89.2 Å². The summed E-state index contributed by atoms with van der Waals surface area (Å²) in [4.78, 5) is 43.4. The number of aryl methyl sites for hydroxylation is 1. The van der Waals surface area contributed by atoms with Crippen LogP contribution in [0.25, 0.3) is 11.0 Å². The number of rotatable bonds is 2. The van der Waals surface area contributed by atoms with E-state index in [1.165, 1.54) is 24.5 Å². The number of carbonyl (C=O) groups excluding carboxylic acids is 1. The van der Waals surface area contributed by atoms with Gasteiger partial charge in [-0.15, -0.1) is 0 Å². The van der Waals surface area contributed by atoms with Gasteiger partial charge in [-0.3, -0.25) is 18.7 Å². The average Bonchev–Trinajstić information content (AvgIpc) is 3.00. The molecule has 4 rings (SSSR count). The Morgan fingerprint density at radius 3 is 2.46 bits per heavy atom. The number of fused-ring (bicyclic) bond motifs is 3. The maximum absolute atomic E-state index is 12.9. The maximum Gasteiger partial charge on any atom is 0.332 e. The van der Waals surface area contributed by atoms with Gasteiger partial charge in [0.05, 0.1) is 5.39 Å². The molecule has 2 bridgehead atoms. The van der Waals surface area contributed by atoms with Crippen LogP contribution in [0.5, 0.6) is 0 Å². The monoisotopic (exact) mass is 357 g/mol. The van der Waals surface area contributed by atoms with E-state index in [1.807, 2.05) is 7.05 Å². The fraction of sp³-hybridized carbons (Fsp3) is 0.556. The molecule has 2 aliphatic rings. The third-order valence-corrected chi connectivity index (χ3v) is 5.84. The molecule has 8 heteroatoms. The number of amides is 1. The van der Waals surface area contributed by atoms with Gasteiger partial charge in [0.1, 0.15) is 11.3 Å². The van der Waals surface area contributed by atoms with Gasteiger partial charge in [-0.1, -0.05) is 0 Å². The molecule has 2 atom stereocenters. The van der Waals surface area contributed by atoms with E-state index < -0.39 is 11.2 Å². The molecule has 0 aliphatic carbocycles. The van der Waals surface area contributed by atoms with E-state index in [4.69, 9.17) is 0 Å². The second-order valence-electron chi connectivity index (χ2n) is 7.45. The molecule has 4 heterocycles. The Hall–Kier alpha value is -2.48. The lowest BCUT2D eigenvalue weighted by atomic mass is 9.98. The molecule has 138 valence electrons. The first-order chi connectivity index (χ1) is 12.4. The highest BCUT2D eigenvalue weighted by Crippen LogP contribution is 2.29. The van der Waals surface area contributed by atoms with Crippen molar-refractivity contribution < 1.29 is 4.79 Å². The van der Waals surface area contributed by atoms with Crippen LogP contribution < -0.4 is 16.6 Å². The van der Waals surface area contributed by atoms with Crippen LogP contribution in [-0.4, -0.2) is 50.1 Å². The molecule has 8 nitrogen and oxygen atoms in total. The van der Waals surface area contributed by atoms with Crippen molar-refractivity contribution in [3.63, 3.8) is 0 Å². The average molecular weight is 357 g/mol. The van der Waals surface area contributed by atoms with E-state index in [0.717, 1.165) is 17.4 Å². The van der Waals surface area contributed by atoms with E-state index in [1.54, 1.807) is 24.1 Å². The van der Waals surface area contributed by atoms with E-state index in [2.05, 4.69) is 10.3 Å². The molecule has 2 aromatic heterocycles. The molecule has 26 heavy (non-hydrogen) atoms. The number of piperidine rings is 1. The van der Waals surface area contributed by atoms with Crippen LogP contribution in [-0.2, 0) is 14.1 Å². The normalized spacial score (nSPS) is 24.8. The van der Waals surface area contributed by atoms with E-state index in [9.17, 15) is 14.4 Å². The summed E-state index contributed by atoms with van der Waals surface area (Å²) >= 11 is 0. The Morgan fingerprint density at radius 1 is 1.15 bits per heavy atom. The smallest absolute Gasteiger partial charge is 0.332 e. The first kappa shape index (κ1) is 17.0. The summed E-state index contributed by atoms with van der Waals surface area (Å²) in [7, 11) is 4.80. The van der Waals surface area contributed by atoms with Gasteiger partial charge >= 0.3 is 5.69 Å². The third-order valence-electron chi connectivity index (χ3n) is 5.84. The van der Waals surface area contributed by atoms with Gasteiger partial charge < -0.3 is 10.2 Å². The van der Waals surface area contributed by atoms with Crippen molar-refractivity contribution >= 4 is 16.9 Å². The zero-order valence-electron chi connectivity index (χ0n) is 15.2. The largest absolute Gasteiger partial charge is 0.337 e. The molecule has 0 radical (unpaired) electrons. The molecule has 0 spiro atoms. The molecular formula is C18H23N5O3. The van der Waals surface area contributed by atoms with Crippen molar-refractivity contribution in [1.29, 1.82) is 0 Å². The van der Waals surface area contributed by atoms with Gasteiger partial charge in [-0.2, -0.15) is 0 Å². The summed E-state index contributed by atoms with van der Waals surface area (Å²) in [6, 6.07) is 4.32. The molecule has 2 aliphatic heterocycles. The van der Waals surface area contributed by atoms with Gasteiger partial charge in [0.2, 0.25) is 0 Å². The SMILES string of the molecule is CN(C(=O)c1ccc2c(=O)n(C)c(=O)n(C)c2n1)C1CC2CCC(C1)N2. The minimum atomic E-state index is -0.456. The molecule has 0 aromatic carbocycles. The minimum absolute atomic E-state index is 0.175. The molecule has 0 saturated carbocycles. The number of hydrogen-bond acceptors (Lipinski definition) is 5.